The fraction of sp³-hybridized carbons (Fsp3) is 0.278. The molecule has 3 aromatic rings. The molecule has 5 nitrogen and oxygen atoms in total. The number of rotatable bonds is 6. The van der Waals surface area contributed by atoms with Crippen molar-refractivity contribution in [3.8, 4) is 10.7 Å². The van der Waals surface area contributed by atoms with Gasteiger partial charge < -0.3 is 9.88 Å². The van der Waals surface area contributed by atoms with Gasteiger partial charge in [0.2, 0.25) is 5.91 Å². The summed E-state index contributed by atoms with van der Waals surface area (Å²) in [5, 5.41) is 14.3. The van der Waals surface area contributed by atoms with Gasteiger partial charge in [0.15, 0.2) is 11.0 Å². The molecule has 130 valence electrons. The van der Waals surface area contributed by atoms with Crippen molar-refractivity contribution in [2.24, 2.45) is 0 Å². The lowest BCUT2D eigenvalue weighted by atomic mass is 10.1. The maximum Gasteiger partial charge on any atom is 0.234 e. The van der Waals surface area contributed by atoms with Crippen LogP contribution < -0.4 is 5.32 Å². The van der Waals surface area contributed by atoms with Crippen LogP contribution in [0.15, 0.2) is 40.9 Å². The molecule has 0 radical (unpaired) electrons. The van der Waals surface area contributed by atoms with Gasteiger partial charge in [-0.05, 0) is 55.5 Å². The Labute approximate surface area is 155 Å². The number of carbonyl (C=O) groups excluding carboxylic acids is 1. The molecule has 1 N–H and O–H groups in total. The molecule has 0 aliphatic carbocycles. The molecule has 25 heavy (non-hydrogen) atoms. The summed E-state index contributed by atoms with van der Waals surface area (Å²) < 4.78 is 2.04. The van der Waals surface area contributed by atoms with E-state index >= 15 is 0 Å². The third-order valence-electron chi connectivity index (χ3n) is 3.61. The van der Waals surface area contributed by atoms with E-state index in [0.29, 0.717) is 5.75 Å². The van der Waals surface area contributed by atoms with E-state index in [1.165, 1.54) is 11.8 Å². The van der Waals surface area contributed by atoms with Gasteiger partial charge in [-0.3, -0.25) is 4.79 Å². The second kappa shape index (κ2) is 7.84. The van der Waals surface area contributed by atoms with E-state index in [0.717, 1.165) is 39.2 Å². The highest BCUT2D eigenvalue weighted by molar-refractivity contribution is 7.99. The Bertz CT molecular complexity index is 851. The van der Waals surface area contributed by atoms with E-state index in [9.17, 15) is 4.79 Å². The number of nitrogens with zero attached hydrogens (tertiary/aromatic N) is 3. The normalized spacial score (nSPS) is 10.8. The lowest BCUT2D eigenvalue weighted by molar-refractivity contribution is -0.113. The predicted molar refractivity (Wildman–Crippen MR) is 104 cm³/mol. The lowest BCUT2D eigenvalue weighted by Crippen LogP contribution is -2.14. The topological polar surface area (TPSA) is 59.8 Å². The first-order valence-electron chi connectivity index (χ1n) is 8.05. The summed E-state index contributed by atoms with van der Waals surface area (Å²) in [6.45, 7) is 6.86. The second-order valence-electron chi connectivity index (χ2n) is 5.74. The van der Waals surface area contributed by atoms with Crippen LogP contribution in [0, 0.1) is 13.8 Å². The first-order valence-corrected chi connectivity index (χ1v) is 9.91. The number of carbonyl (C=O) groups is 1. The van der Waals surface area contributed by atoms with Gasteiger partial charge in [0.1, 0.15) is 0 Å². The lowest BCUT2D eigenvalue weighted by Gasteiger charge is -2.08. The Morgan fingerprint density at radius 1 is 1.24 bits per heavy atom. The van der Waals surface area contributed by atoms with Crippen molar-refractivity contribution in [1.82, 2.24) is 14.8 Å². The Morgan fingerprint density at radius 2 is 2.00 bits per heavy atom. The van der Waals surface area contributed by atoms with Gasteiger partial charge in [0, 0.05) is 12.2 Å². The molecule has 0 unspecified atom stereocenters. The van der Waals surface area contributed by atoms with Gasteiger partial charge in [-0.25, -0.2) is 0 Å². The predicted octanol–water partition coefficient (Wildman–Crippen LogP) is 4.37. The number of anilines is 1. The molecule has 0 aliphatic heterocycles. The van der Waals surface area contributed by atoms with E-state index in [1.807, 2.05) is 48.1 Å². The smallest absolute Gasteiger partial charge is 0.234 e. The maximum atomic E-state index is 12.3. The molecule has 0 saturated carbocycles. The van der Waals surface area contributed by atoms with Gasteiger partial charge >= 0.3 is 0 Å². The van der Waals surface area contributed by atoms with Gasteiger partial charge in [-0.15, -0.1) is 21.5 Å². The number of hydrogen-bond acceptors (Lipinski definition) is 5. The Kier molecular flexibility index (Phi) is 5.55. The number of aryl methyl sites for hydroxylation is 2. The number of nitrogens with one attached hydrogen (secondary N) is 1. The molecule has 1 aromatic carbocycles. The van der Waals surface area contributed by atoms with E-state index in [2.05, 4.69) is 28.5 Å². The summed E-state index contributed by atoms with van der Waals surface area (Å²) in [5.74, 6) is 1.11. The SMILES string of the molecule is CCn1c(SCC(=O)Nc2cc(C)cc(C)c2)nnc1-c1cccs1. The molecule has 0 atom stereocenters. The molecule has 3 rings (SSSR count). The first-order chi connectivity index (χ1) is 12.1. The van der Waals surface area contributed by atoms with Gasteiger partial charge in [-0.2, -0.15) is 0 Å². The average molecular weight is 373 g/mol. The highest BCUT2D eigenvalue weighted by atomic mass is 32.2. The van der Waals surface area contributed by atoms with Crippen molar-refractivity contribution in [3.05, 3.63) is 46.8 Å². The summed E-state index contributed by atoms with van der Waals surface area (Å²) in [6.07, 6.45) is 0. The number of thioether (sulfide) groups is 1. The van der Waals surface area contributed by atoms with Crippen molar-refractivity contribution in [3.63, 3.8) is 0 Å². The molecule has 0 fully saturated rings. The van der Waals surface area contributed by atoms with Crippen molar-refractivity contribution in [1.29, 1.82) is 0 Å². The van der Waals surface area contributed by atoms with E-state index in [1.54, 1.807) is 11.3 Å². The fourth-order valence-electron chi connectivity index (χ4n) is 2.64. The number of amides is 1. The molecule has 0 spiro atoms. The standard InChI is InChI=1S/C18H20N4OS2/c1-4-22-17(15-6-5-7-24-15)20-21-18(22)25-11-16(23)19-14-9-12(2)8-13(3)10-14/h5-10H,4,11H2,1-3H3,(H,19,23). The summed E-state index contributed by atoms with van der Waals surface area (Å²) in [4.78, 5) is 13.3. The zero-order valence-corrected chi connectivity index (χ0v) is 16.1. The van der Waals surface area contributed by atoms with Gasteiger partial charge in [-0.1, -0.05) is 23.9 Å². The molecule has 1 amide bonds. The Balaban J connectivity index is 1.66. The number of aromatic nitrogens is 3. The highest BCUT2D eigenvalue weighted by Gasteiger charge is 2.15. The molecule has 2 aromatic heterocycles. The van der Waals surface area contributed by atoms with Gasteiger partial charge in [0.05, 0.1) is 10.6 Å². The minimum absolute atomic E-state index is 0.0432. The summed E-state index contributed by atoms with van der Waals surface area (Å²) >= 11 is 3.04. The molecule has 2 heterocycles. The molecule has 0 saturated heterocycles. The third kappa shape index (κ3) is 4.29. The zero-order valence-electron chi connectivity index (χ0n) is 14.4. The van der Waals surface area contributed by atoms with E-state index < -0.39 is 0 Å². The Hall–Kier alpha value is -2.12. The molecular weight excluding hydrogens is 352 g/mol. The Morgan fingerprint density at radius 3 is 2.64 bits per heavy atom. The van der Waals surface area contributed by atoms with Crippen LogP contribution in [0.4, 0.5) is 5.69 Å². The van der Waals surface area contributed by atoms with Gasteiger partial charge in [0.25, 0.3) is 0 Å². The van der Waals surface area contributed by atoms with Crippen LogP contribution in [0.3, 0.4) is 0 Å². The molecule has 0 bridgehead atoms. The van der Waals surface area contributed by atoms with E-state index in [-0.39, 0.29) is 5.91 Å². The number of thiophene rings is 1. The number of hydrogen-bond donors (Lipinski definition) is 1. The summed E-state index contributed by atoms with van der Waals surface area (Å²) in [5.41, 5.74) is 3.10. The quantitative estimate of drug-likeness (QED) is 0.653. The average Bonchev–Trinajstić information content (AvgIpc) is 3.20. The minimum atomic E-state index is -0.0432. The van der Waals surface area contributed by atoms with Crippen molar-refractivity contribution in [2.45, 2.75) is 32.5 Å². The second-order valence-corrected chi connectivity index (χ2v) is 7.63. The minimum Gasteiger partial charge on any atom is -0.325 e. The van der Waals surface area contributed by atoms with Crippen LogP contribution in [0.1, 0.15) is 18.1 Å². The highest BCUT2D eigenvalue weighted by Crippen LogP contribution is 2.27. The summed E-state index contributed by atoms with van der Waals surface area (Å²) in [6, 6.07) is 10.1. The zero-order chi connectivity index (χ0) is 17.8. The summed E-state index contributed by atoms with van der Waals surface area (Å²) in [7, 11) is 0. The van der Waals surface area contributed by atoms with Crippen LogP contribution in [-0.2, 0) is 11.3 Å². The van der Waals surface area contributed by atoms with Crippen LogP contribution >= 0.6 is 23.1 Å². The molecule has 0 aliphatic rings. The monoisotopic (exact) mass is 372 g/mol. The van der Waals surface area contributed by atoms with Crippen molar-refractivity contribution < 1.29 is 4.79 Å². The molecular formula is C18H20N4OS2. The maximum absolute atomic E-state index is 12.3. The van der Waals surface area contributed by atoms with E-state index in [4.69, 9.17) is 0 Å². The fourth-order valence-corrected chi connectivity index (χ4v) is 4.16. The van der Waals surface area contributed by atoms with Crippen LogP contribution in [0.25, 0.3) is 10.7 Å². The van der Waals surface area contributed by atoms with Crippen LogP contribution in [0.2, 0.25) is 0 Å². The first kappa shape index (κ1) is 17.7. The van der Waals surface area contributed by atoms with Crippen LogP contribution in [0.5, 0.6) is 0 Å². The number of benzene rings is 1. The van der Waals surface area contributed by atoms with Crippen molar-refractivity contribution >= 4 is 34.7 Å². The van der Waals surface area contributed by atoms with Crippen molar-refractivity contribution in [2.75, 3.05) is 11.1 Å². The third-order valence-corrected chi connectivity index (χ3v) is 5.45. The van der Waals surface area contributed by atoms with Crippen LogP contribution in [-0.4, -0.2) is 26.4 Å². The molecule has 7 heteroatoms. The largest absolute Gasteiger partial charge is 0.325 e.